The highest BCUT2D eigenvalue weighted by Crippen LogP contribution is 2.32. The van der Waals surface area contributed by atoms with Crippen molar-refractivity contribution in [1.29, 1.82) is 0 Å². The van der Waals surface area contributed by atoms with Gasteiger partial charge in [0.2, 0.25) is 0 Å². The first-order chi connectivity index (χ1) is 9.61. The van der Waals surface area contributed by atoms with Gasteiger partial charge in [0.15, 0.2) is 0 Å². The second-order valence-electron chi connectivity index (χ2n) is 5.94. The van der Waals surface area contributed by atoms with Gasteiger partial charge in [-0.15, -0.1) is 11.6 Å². The number of likely N-dealkylation sites (N-methyl/N-ethyl adjacent to an activating group) is 1. The average Bonchev–Trinajstić information content (AvgIpc) is 2.48. The van der Waals surface area contributed by atoms with Crippen LogP contribution in [0.5, 0.6) is 5.75 Å². The molecule has 0 saturated heterocycles. The normalized spacial score (nSPS) is 18.2. The van der Waals surface area contributed by atoms with E-state index in [1.807, 2.05) is 6.07 Å². The Hall–Kier alpha value is -0.730. The first kappa shape index (κ1) is 15.7. The maximum Gasteiger partial charge on any atom is 0.123 e. The van der Waals surface area contributed by atoms with Crippen molar-refractivity contribution in [3.63, 3.8) is 0 Å². The van der Waals surface area contributed by atoms with E-state index >= 15 is 0 Å². The Bertz CT molecular complexity index is 429. The number of benzene rings is 1. The highest BCUT2D eigenvalue weighted by Gasteiger charge is 2.22. The molecule has 1 aromatic carbocycles. The molecule has 1 atom stereocenters. The molecular weight excluding hydrogens is 270 g/mol. The molecule has 1 saturated carbocycles. The van der Waals surface area contributed by atoms with Gasteiger partial charge >= 0.3 is 0 Å². The standard InChI is InChI=1S/C17H26ClNO/c1-13-9-10-17(20-3)15(11-13)16(18)12-19(2)14-7-5-4-6-8-14/h9-11,14,16H,4-8,12H2,1-3H3. The number of hydrogen-bond acceptors (Lipinski definition) is 2. The SMILES string of the molecule is COc1ccc(C)cc1C(Cl)CN(C)C1CCCCC1. The zero-order valence-electron chi connectivity index (χ0n) is 12.9. The van der Waals surface area contributed by atoms with Crippen molar-refractivity contribution in [2.75, 3.05) is 20.7 Å². The Labute approximate surface area is 128 Å². The van der Waals surface area contributed by atoms with E-state index in [-0.39, 0.29) is 5.38 Å². The molecule has 2 nitrogen and oxygen atoms in total. The summed E-state index contributed by atoms with van der Waals surface area (Å²) in [6, 6.07) is 6.92. The number of ether oxygens (including phenoxy) is 1. The third kappa shape index (κ3) is 3.89. The van der Waals surface area contributed by atoms with Crippen LogP contribution in [0.4, 0.5) is 0 Å². The third-order valence-corrected chi connectivity index (χ3v) is 4.74. The van der Waals surface area contributed by atoms with E-state index in [4.69, 9.17) is 16.3 Å². The molecule has 2 rings (SSSR count). The van der Waals surface area contributed by atoms with Crippen molar-refractivity contribution in [2.24, 2.45) is 0 Å². The van der Waals surface area contributed by atoms with Gasteiger partial charge in [-0.3, -0.25) is 0 Å². The highest BCUT2D eigenvalue weighted by molar-refractivity contribution is 6.21. The maximum absolute atomic E-state index is 6.65. The van der Waals surface area contributed by atoms with Crippen molar-refractivity contribution in [3.8, 4) is 5.75 Å². The summed E-state index contributed by atoms with van der Waals surface area (Å²) in [5, 5.41) is -0.0169. The lowest BCUT2D eigenvalue weighted by atomic mass is 9.94. The van der Waals surface area contributed by atoms with E-state index in [0.29, 0.717) is 6.04 Å². The summed E-state index contributed by atoms with van der Waals surface area (Å²) >= 11 is 6.65. The fraction of sp³-hybridized carbons (Fsp3) is 0.647. The van der Waals surface area contributed by atoms with Gasteiger partial charge in [-0.1, -0.05) is 37.0 Å². The lowest BCUT2D eigenvalue weighted by molar-refractivity contribution is 0.191. The molecule has 1 unspecified atom stereocenters. The van der Waals surface area contributed by atoms with Crippen LogP contribution >= 0.6 is 11.6 Å². The summed E-state index contributed by atoms with van der Waals surface area (Å²) < 4.78 is 5.45. The molecule has 0 aromatic heterocycles. The molecule has 1 fully saturated rings. The van der Waals surface area contributed by atoms with E-state index in [1.165, 1.54) is 37.7 Å². The Morgan fingerprint density at radius 3 is 2.65 bits per heavy atom. The van der Waals surface area contributed by atoms with E-state index in [1.54, 1.807) is 7.11 Å². The smallest absolute Gasteiger partial charge is 0.123 e. The van der Waals surface area contributed by atoms with Gasteiger partial charge in [0, 0.05) is 18.2 Å². The van der Waals surface area contributed by atoms with E-state index in [2.05, 4.69) is 31.0 Å². The predicted octanol–water partition coefficient (Wildman–Crippen LogP) is 4.55. The second-order valence-corrected chi connectivity index (χ2v) is 6.47. The molecule has 0 aliphatic heterocycles. The quantitative estimate of drug-likeness (QED) is 0.739. The Balaban J connectivity index is 2.03. The zero-order chi connectivity index (χ0) is 14.5. The highest BCUT2D eigenvalue weighted by atomic mass is 35.5. The van der Waals surface area contributed by atoms with Crippen molar-refractivity contribution < 1.29 is 4.74 Å². The zero-order valence-corrected chi connectivity index (χ0v) is 13.6. The van der Waals surface area contributed by atoms with Crippen LogP contribution < -0.4 is 4.74 Å². The molecule has 0 bridgehead atoms. The summed E-state index contributed by atoms with van der Waals surface area (Å²) in [6.07, 6.45) is 6.72. The predicted molar refractivity (Wildman–Crippen MR) is 85.8 cm³/mol. The van der Waals surface area contributed by atoms with Crippen LogP contribution in [0.2, 0.25) is 0 Å². The lowest BCUT2D eigenvalue weighted by Gasteiger charge is -2.32. The van der Waals surface area contributed by atoms with Gasteiger partial charge in [-0.25, -0.2) is 0 Å². The van der Waals surface area contributed by atoms with Crippen LogP contribution in [0.25, 0.3) is 0 Å². The number of hydrogen-bond donors (Lipinski definition) is 0. The van der Waals surface area contributed by atoms with Crippen molar-refractivity contribution in [1.82, 2.24) is 4.90 Å². The molecule has 0 amide bonds. The maximum atomic E-state index is 6.65. The van der Waals surface area contributed by atoms with Crippen molar-refractivity contribution >= 4 is 11.6 Å². The number of methoxy groups -OCH3 is 1. The first-order valence-corrected chi connectivity index (χ1v) is 8.04. The number of halogens is 1. The molecule has 0 N–H and O–H groups in total. The molecule has 20 heavy (non-hydrogen) atoms. The number of nitrogens with zero attached hydrogens (tertiary/aromatic N) is 1. The fourth-order valence-corrected chi connectivity index (χ4v) is 3.51. The minimum atomic E-state index is -0.0169. The van der Waals surface area contributed by atoms with Crippen molar-refractivity contribution in [3.05, 3.63) is 29.3 Å². The van der Waals surface area contributed by atoms with Crippen LogP contribution in [-0.4, -0.2) is 31.6 Å². The molecule has 3 heteroatoms. The van der Waals surface area contributed by atoms with Crippen LogP contribution in [-0.2, 0) is 0 Å². The summed E-state index contributed by atoms with van der Waals surface area (Å²) in [5.74, 6) is 0.896. The lowest BCUT2D eigenvalue weighted by Crippen LogP contribution is -2.35. The Morgan fingerprint density at radius 2 is 2.00 bits per heavy atom. The monoisotopic (exact) mass is 295 g/mol. The minimum absolute atomic E-state index is 0.0169. The second kappa shape index (κ2) is 7.33. The molecule has 1 aromatic rings. The molecule has 112 valence electrons. The van der Waals surface area contributed by atoms with Crippen LogP contribution in [0, 0.1) is 6.92 Å². The fourth-order valence-electron chi connectivity index (χ4n) is 3.12. The van der Waals surface area contributed by atoms with Gasteiger partial charge in [-0.2, -0.15) is 0 Å². The van der Waals surface area contributed by atoms with Gasteiger partial charge < -0.3 is 9.64 Å². The third-order valence-electron chi connectivity index (χ3n) is 4.37. The topological polar surface area (TPSA) is 12.5 Å². The summed E-state index contributed by atoms with van der Waals surface area (Å²) in [5.41, 5.74) is 2.34. The van der Waals surface area contributed by atoms with E-state index in [9.17, 15) is 0 Å². The van der Waals surface area contributed by atoms with E-state index in [0.717, 1.165) is 17.9 Å². The molecule has 1 aliphatic rings. The minimum Gasteiger partial charge on any atom is -0.496 e. The number of alkyl halides is 1. The van der Waals surface area contributed by atoms with Gasteiger partial charge in [0.05, 0.1) is 12.5 Å². The van der Waals surface area contributed by atoms with Crippen LogP contribution in [0.15, 0.2) is 18.2 Å². The Kier molecular flexibility index (Phi) is 5.74. The van der Waals surface area contributed by atoms with Crippen LogP contribution in [0.1, 0.15) is 48.6 Å². The van der Waals surface area contributed by atoms with Crippen molar-refractivity contribution in [2.45, 2.75) is 50.4 Å². The number of rotatable bonds is 5. The summed E-state index contributed by atoms with van der Waals surface area (Å²) in [4.78, 5) is 2.43. The van der Waals surface area contributed by atoms with E-state index < -0.39 is 0 Å². The van der Waals surface area contributed by atoms with Gasteiger partial charge in [-0.05, 0) is 32.9 Å². The largest absolute Gasteiger partial charge is 0.496 e. The van der Waals surface area contributed by atoms with Crippen LogP contribution in [0.3, 0.4) is 0 Å². The summed E-state index contributed by atoms with van der Waals surface area (Å²) in [7, 11) is 3.91. The Morgan fingerprint density at radius 1 is 1.30 bits per heavy atom. The van der Waals surface area contributed by atoms with Gasteiger partial charge in [0.25, 0.3) is 0 Å². The van der Waals surface area contributed by atoms with Gasteiger partial charge in [0.1, 0.15) is 5.75 Å². The first-order valence-electron chi connectivity index (χ1n) is 7.60. The molecular formula is C17H26ClNO. The summed E-state index contributed by atoms with van der Waals surface area (Å²) in [6.45, 7) is 2.98. The molecule has 0 radical (unpaired) electrons. The average molecular weight is 296 g/mol. The molecule has 0 spiro atoms. The number of aryl methyl sites for hydroxylation is 1. The molecule has 0 heterocycles. The molecule has 1 aliphatic carbocycles.